The Morgan fingerprint density at radius 3 is 1.02 bits per heavy atom. The fraction of sp³-hybridized carbons (Fsp3) is 0.895. The quantitative estimate of drug-likeness (QED) is 0.0375. The molecule has 0 rings (SSSR count). The van der Waals surface area contributed by atoms with E-state index in [1.807, 2.05) is 0 Å². The molecule has 0 heterocycles. The van der Waals surface area contributed by atoms with Crippen LogP contribution in [-0.2, 0) is 19.1 Å². The number of ether oxygens (including phenoxy) is 2. The Balaban J connectivity index is 4.25. The van der Waals surface area contributed by atoms with Crippen LogP contribution in [-0.4, -0.2) is 37.7 Å². The Bertz CT molecular complexity index is 947. The molecule has 1 unspecified atom stereocenters. The summed E-state index contributed by atoms with van der Waals surface area (Å²) in [4.78, 5) is 25.5. The summed E-state index contributed by atoms with van der Waals surface area (Å²) in [5.41, 5.74) is 0. The van der Waals surface area contributed by atoms with Crippen molar-refractivity contribution < 1.29 is 19.1 Å². The molecule has 62 heavy (non-hydrogen) atoms. The van der Waals surface area contributed by atoms with Gasteiger partial charge < -0.3 is 14.8 Å². The number of allylic oxidation sites excluding steroid dienone is 4. The van der Waals surface area contributed by atoms with Crippen LogP contribution in [0, 0.1) is 0 Å². The Morgan fingerprint density at radius 2 is 0.661 bits per heavy atom. The topological polar surface area (TPSA) is 64.6 Å². The van der Waals surface area contributed by atoms with Crippen LogP contribution in [0.5, 0.6) is 0 Å². The molecule has 0 bridgehead atoms. The SMILES string of the molecule is CCCCCCCCC=CCCCCCCCC(=O)OCC(CNCCCCCCCCCCCCCCCCCC)OC(=O)CCCCCCCC=CCCCCCCCC. The third-order valence-corrected chi connectivity index (χ3v) is 12.6. The highest BCUT2D eigenvalue weighted by Crippen LogP contribution is 2.15. The van der Waals surface area contributed by atoms with E-state index in [4.69, 9.17) is 9.47 Å². The molecule has 0 aromatic rings. The maximum Gasteiger partial charge on any atom is 0.306 e. The molecule has 0 radical (unpaired) electrons. The van der Waals surface area contributed by atoms with E-state index >= 15 is 0 Å². The maximum absolute atomic E-state index is 12.8. The van der Waals surface area contributed by atoms with Crippen molar-refractivity contribution in [3.63, 3.8) is 0 Å². The van der Waals surface area contributed by atoms with Crippen LogP contribution in [0.15, 0.2) is 24.3 Å². The largest absolute Gasteiger partial charge is 0.462 e. The molecular formula is C57H109NO4. The second-order valence-corrected chi connectivity index (χ2v) is 19.0. The number of hydrogen-bond acceptors (Lipinski definition) is 5. The fourth-order valence-corrected chi connectivity index (χ4v) is 8.38. The Labute approximate surface area is 388 Å². The van der Waals surface area contributed by atoms with Gasteiger partial charge in [0.2, 0.25) is 0 Å². The molecule has 1 atom stereocenters. The molecule has 0 saturated carbocycles. The zero-order chi connectivity index (χ0) is 44.9. The van der Waals surface area contributed by atoms with Gasteiger partial charge in [-0.3, -0.25) is 9.59 Å². The van der Waals surface area contributed by atoms with Gasteiger partial charge in [0.25, 0.3) is 0 Å². The molecule has 0 aromatic heterocycles. The van der Waals surface area contributed by atoms with E-state index in [9.17, 15) is 9.59 Å². The number of carbonyl (C=O) groups is 2. The Kier molecular flexibility index (Phi) is 52.3. The summed E-state index contributed by atoms with van der Waals surface area (Å²) in [6.45, 7) is 8.43. The van der Waals surface area contributed by atoms with Crippen LogP contribution in [0.25, 0.3) is 0 Å². The molecule has 5 heteroatoms. The van der Waals surface area contributed by atoms with Crippen molar-refractivity contribution in [3.8, 4) is 0 Å². The van der Waals surface area contributed by atoms with Crippen molar-refractivity contribution in [2.75, 3.05) is 19.7 Å². The third-order valence-electron chi connectivity index (χ3n) is 12.6. The maximum atomic E-state index is 12.8. The highest BCUT2D eigenvalue weighted by atomic mass is 16.6. The lowest BCUT2D eigenvalue weighted by molar-refractivity contribution is -0.159. The fourth-order valence-electron chi connectivity index (χ4n) is 8.38. The summed E-state index contributed by atoms with van der Waals surface area (Å²) >= 11 is 0. The molecular weight excluding hydrogens is 763 g/mol. The smallest absolute Gasteiger partial charge is 0.306 e. The lowest BCUT2D eigenvalue weighted by atomic mass is 10.0. The summed E-state index contributed by atoms with van der Waals surface area (Å²) in [6, 6.07) is 0. The summed E-state index contributed by atoms with van der Waals surface area (Å²) in [6.07, 6.45) is 64.0. The minimum absolute atomic E-state index is 0.147. The van der Waals surface area contributed by atoms with Crippen LogP contribution in [0.2, 0.25) is 0 Å². The first kappa shape index (κ1) is 60.4. The first-order chi connectivity index (χ1) is 30.6. The Hall–Kier alpha value is -1.62. The number of rotatable bonds is 52. The van der Waals surface area contributed by atoms with E-state index in [-0.39, 0.29) is 18.5 Å². The average Bonchev–Trinajstić information content (AvgIpc) is 3.27. The van der Waals surface area contributed by atoms with Crippen molar-refractivity contribution in [2.24, 2.45) is 0 Å². The molecule has 0 aliphatic rings. The number of nitrogens with one attached hydrogen (secondary N) is 1. The van der Waals surface area contributed by atoms with E-state index in [1.165, 1.54) is 231 Å². The van der Waals surface area contributed by atoms with E-state index in [2.05, 4.69) is 50.4 Å². The van der Waals surface area contributed by atoms with Gasteiger partial charge in [-0.05, 0) is 77.2 Å². The monoisotopic (exact) mass is 872 g/mol. The molecule has 0 fully saturated rings. The molecule has 0 amide bonds. The predicted octanol–water partition coefficient (Wildman–Crippen LogP) is 18.4. The van der Waals surface area contributed by atoms with Crippen LogP contribution < -0.4 is 5.32 Å². The van der Waals surface area contributed by atoms with Gasteiger partial charge in [-0.25, -0.2) is 0 Å². The number of carbonyl (C=O) groups excluding carboxylic acids is 2. The van der Waals surface area contributed by atoms with Crippen molar-refractivity contribution in [1.82, 2.24) is 5.32 Å². The summed E-state index contributed by atoms with van der Waals surface area (Å²) in [7, 11) is 0. The summed E-state index contributed by atoms with van der Waals surface area (Å²) in [5, 5.41) is 3.51. The van der Waals surface area contributed by atoms with Gasteiger partial charge in [0.15, 0.2) is 0 Å². The molecule has 0 saturated heterocycles. The van der Waals surface area contributed by atoms with Gasteiger partial charge in [-0.15, -0.1) is 0 Å². The predicted molar refractivity (Wildman–Crippen MR) is 272 cm³/mol. The van der Waals surface area contributed by atoms with E-state index in [0.29, 0.717) is 19.4 Å². The standard InChI is InChI=1S/C57H109NO4/c1-4-7-10-13-16-19-22-25-28-31-34-37-40-43-46-49-52-58-53-55(62-57(60)51-48-45-42-39-36-33-30-27-24-21-18-15-12-9-6-3)54-61-56(59)50-47-44-41-38-35-32-29-26-23-20-17-14-11-8-5-2/h26-27,29-30,55,58H,4-25,28,31-54H2,1-3H3. The minimum atomic E-state index is -0.426. The van der Waals surface area contributed by atoms with E-state index in [1.54, 1.807) is 0 Å². The van der Waals surface area contributed by atoms with Crippen molar-refractivity contribution in [3.05, 3.63) is 24.3 Å². The van der Waals surface area contributed by atoms with E-state index < -0.39 is 6.10 Å². The number of esters is 2. The summed E-state index contributed by atoms with van der Waals surface area (Å²) < 4.78 is 11.6. The second kappa shape index (κ2) is 53.7. The zero-order valence-electron chi connectivity index (χ0n) is 42.3. The van der Waals surface area contributed by atoms with E-state index in [0.717, 1.165) is 45.1 Å². The van der Waals surface area contributed by atoms with Gasteiger partial charge in [-0.1, -0.05) is 244 Å². The van der Waals surface area contributed by atoms with Gasteiger partial charge in [0.05, 0.1) is 0 Å². The van der Waals surface area contributed by atoms with Crippen molar-refractivity contribution >= 4 is 11.9 Å². The third kappa shape index (κ3) is 51.0. The van der Waals surface area contributed by atoms with Crippen molar-refractivity contribution in [1.29, 1.82) is 0 Å². The number of hydrogen-bond donors (Lipinski definition) is 1. The van der Waals surface area contributed by atoms with Crippen LogP contribution >= 0.6 is 0 Å². The molecule has 0 spiro atoms. The highest BCUT2D eigenvalue weighted by molar-refractivity contribution is 5.70. The van der Waals surface area contributed by atoms with Gasteiger partial charge in [0.1, 0.15) is 12.7 Å². The lowest BCUT2D eigenvalue weighted by Crippen LogP contribution is -2.35. The zero-order valence-corrected chi connectivity index (χ0v) is 42.3. The molecule has 0 aliphatic heterocycles. The minimum Gasteiger partial charge on any atom is -0.462 e. The first-order valence-electron chi connectivity index (χ1n) is 28.0. The highest BCUT2D eigenvalue weighted by Gasteiger charge is 2.17. The van der Waals surface area contributed by atoms with Crippen LogP contribution in [0.4, 0.5) is 0 Å². The normalized spacial score (nSPS) is 12.2. The van der Waals surface area contributed by atoms with Crippen molar-refractivity contribution in [2.45, 2.75) is 309 Å². The molecule has 5 nitrogen and oxygen atoms in total. The van der Waals surface area contributed by atoms with Crippen LogP contribution in [0.1, 0.15) is 303 Å². The molecule has 366 valence electrons. The molecule has 0 aliphatic carbocycles. The van der Waals surface area contributed by atoms with Gasteiger partial charge in [-0.2, -0.15) is 0 Å². The second-order valence-electron chi connectivity index (χ2n) is 19.0. The summed E-state index contributed by atoms with van der Waals surface area (Å²) in [5.74, 6) is -0.330. The first-order valence-corrected chi connectivity index (χ1v) is 28.0. The van der Waals surface area contributed by atoms with Crippen LogP contribution in [0.3, 0.4) is 0 Å². The average molecular weight is 873 g/mol. The lowest BCUT2D eigenvalue weighted by Gasteiger charge is -2.19. The van der Waals surface area contributed by atoms with Gasteiger partial charge >= 0.3 is 11.9 Å². The molecule has 0 aromatic carbocycles. The number of unbranched alkanes of at least 4 members (excludes halogenated alkanes) is 37. The Morgan fingerprint density at radius 1 is 0.371 bits per heavy atom. The molecule has 1 N–H and O–H groups in total. The van der Waals surface area contributed by atoms with Gasteiger partial charge in [0, 0.05) is 19.4 Å².